The number of hydrogen-bond donors (Lipinski definition) is 2. The lowest BCUT2D eigenvalue weighted by Crippen LogP contribution is -2.26. The molecule has 1 aliphatic rings. The molecule has 2 N–H and O–H groups in total. The number of amides is 1. The lowest BCUT2D eigenvalue weighted by Gasteiger charge is -2.14. The average molecular weight is 443 g/mol. The number of benzene rings is 3. The number of carbonyl (C=O) groups is 2. The van der Waals surface area contributed by atoms with E-state index in [1.54, 1.807) is 18.2 Å². The Bertz CT molecular complexity index is 1160. The number of alkyl carbamates (subject to hydrolysis) is 1. The van der Waals surface area contributed by atoms with Gasteiger partial charge >= 0.3 is 12.1 Å². The summed E-state index contributed by atoms with van der Waals surface area (Å²) in [6.45, 7) is 0.571. The summed E-state index contributed by atoms with van der Waals surface area (Å²) in [5.41, 5.74) is 6.18. The maximum Gasteiger partial charge on any atom is 0.407 e. The largest absolute Gasteiger partial charge is 0.496 e. The Kier molecular flexibility index (Phi) is 6.74. The molecule has 6 heteroatoms. The van der Waals surface area contributed by atoms with Gasteiger partial charge in [0.05, 0.1) is 13.5 Å². The Hall–Kier alpha value is -4.06. The zero-order chi connectivity index (χ0) is 23.2. The van der Waals surface area contributed by atoms with Gasteiger partial charge in [-0.15, -0.1) is 0 Å². The molecule has 0 spiro atoms. The molecule has 0 aromatic heterocycles. The summed E-state index contributed by atoms with van der Waals surface area (Å²) in [5, 5.41) is 11.7. The topological polar surface area (TPSA) is 84.9 Å². The van der Waals surface area contributed by atoms with Gasteiger partial charge in [-0.2, -0.15) is 0 Å². The van der Waals surface area contributed by atoms with E-state index in [4.69, 9.17) is 14.6 Å². The molecular formula is C27H25NO5. The van der Waals surface area contributed by atoms with Crippen LogP contribution >= 0.6 is 0 Å². The van der Waals surface area contributed by atoms with Crippen LogP contribution in [-0.4, -0.2) is 37.4 Å². The molecule has 168 valence electrons. The van der Waals surface area contributed by atoms with E-state index in [1.165, 1.54) is 29.4 Å². The van der Waals surface area contributed by atoms with E-state index in [0.717, 1.165) is 5.56 Å². The number of aliphatic carboxylic acids is 1. The molecule has 0 aliphatic heterocycles. The van der Waals surface area contributed by atoms with Crippen molar-refractivity contribution < 1.29 is 24.2 Å². The van der Waals surface area contributed by atoms with Gasteiger partial charge in [0.2, 0.25) is 0 Å². The second kappa shape index (κ2) is 10.0. The molecule has 0 fully saturated rings. The van der Waals surface area contributed by atoms with E-state index < -0.39 is 12.1 Å². The molecular weight excluding hydrogens is 418 g/mol. The van der Waals surface area contributed by atoms with Crippen molar-refractivity contribution in [3.63, 3.8) is 0 Å². The van der Waals surface area contributed by atoms with Gasteiger partial charge in [0.1, 0.15) is 12.4 Å². The smallest absolute Gasteiger partial charge is 0.407 e. The maximum absolute atomic E-state index is 12.2. The van der Waals surface area contributed by atoms with Crippen molar-refractivity contribution in [2.75, 3.05) is 20.3 Å². The third-order valence-electron chi connectivity index (χ3n) is 5.67. The standard InChI is InChI=1S/C27H25NO5/c1-32-25-15-18(12-13-19(25)16-26(29)30)7-6-14-28-27(31)33-17-24-22-10-4-2-8-20(22)21-9-3-5-11-23(21)24/h2-13,15,24H,14,16-17H2,1H3,(H,28,31)(H,29,30). The summed E-state index contributed by atoms with van der Waals surface area (Å²) >= 11 is 0. The fourth-order valence-corrected chi connectivity index (χ4v) is 4.16. The van der Waals surface area contributed by atoms with Crippen LogP contribution in [0, 0.1) is 0 Å². The van der Waals surface area contributed by atoms with Gasteiger partial charge < -0.3 is 19.9 Å². The van der Waals surface area contributed by atoms with Crippen LogP contribution in [0.1, 0.15) is 28.2 Å². The van der Waals surface area contributed by atoms with E-state index >= 15 is 0 Å². The van der Waals surface area contributed by atoms with Crippen molar-refractivity contribution in [2.24, 2.45) is 0 Å². The molecule has 1 amide bonds. The van der Waals surface area contributed by atoms with E-state index in [9.17, 15) is 9.59 Å². The molecule has 33 heavy (non-hydrogen) atoms. The van der Waals surface area contributed by atoms with Gasteiger partial charge in [-0.3, -0.25) is 4.79 Å². The van der Waals surface area contributed by atoms with E-state index in [2.05, 4.69) is 29.6 Å². The summed E-state index contributed by atoms with van der Waals surface area (Å²) in [7, 11) is 1.51. The van der Waals surface area contributed by atoms with Crippen LogP contribution in [-0.2, 0) is 16.0 Å². The Morgan fingerprint density at radius 2 is 1.67 bits per heavy atom. The summed E-state index contributed by atoms with van der Waals surface area (Å²) in [6, 6.07) is 21.7. The highest BCUT2D eigenvalue weighted by Gasteiger charge is 2.28. The number of carboxylic acids is 1. The van der Waals surface area contributed by atoms with E-state index in [-0.39, 0.29) is 18.9 Å². The Morgan fingerprint density at radius 1 is 1.00 bits per heavy atom. The predicted molar refractivity (Wildman–Crippen MR) is 126 cm³/mol. The number of fused-ring (bicyclic) bond motifs is 3. The summed E-state index contributed by atoms with van der Waals surface area (Å²) in [6.07, 6.45) is 3.05. The number of hydrogen-bond acceptors (Lipinski definition) is 4. The highest BCUT2D eigenvalue weighted by molar-refractivity contribution is 5.79. The van der Waals surface area contributed by atoms with Gasteiger partial charge in [-0.05, 0) is 33.9 Å². The first-order chi connectivity index (χ1) is 16.1. The first kappa shape index (κ1) is 22.1. The van der Waals surface area contributed by atoms with Crippen molar-refractivity contribution in [3.8, 4) is 16.9 Å². The van der Waals surface area contributed by atoms with Gasteiger partial charge in [-0.1, -0.05) is 72.8 Å². The molecule has 3 aromatic carbocycles. The van der Waals surface area contributed by atoms with Gasteiger partial charge in [0, 0.05) is 18.0 Å². The monoisotopic (exact) mass is 443 g/mol. The zero-order valence-corrected chi connectivity index (χ0v) is 18.3. The molecule has 0 radical (unpaired) electrons. The number of carboxylic acid groups (broad SMARTS) is 1. The van der Waals surface area contributed by atoms with Crippen LogP contribution in [0.2, 0.25) is 0 Å². The second-order valence-electron chi connectivity index (χ2n) is 7.75. The highest BCUT2D eigenvalue weighted by Crippen LogP contribution is 2.44. The SMILES string of the molecule is COc1cc(C=CCNC(=O)OCC2c3ccccc3-c3ccccc32)ccc1CC(=O)O. The summed E-state index contributed by atoms with van der Waals surface area (Å²) < 4.78 is 10.8. The van der Waals surface area contributed by atoms with Gasteiger partial charge in [0.25, 0.3) is 0 Å². The summed E-state index contributed by atoms with van der Waals surface area (Å²) in [5.74, 6) is -0.372. The molecule has 6 nitrogen and oxygen atoms in total. The van der Waals surface area contributed by atoms with Crippen molar-refractivity contribution in [1.29, 1.82) is 0 Å². The molecule has 0 unspecified atom stereocenters. The van der Waals surface area contributed by atoms with Crippen LogP contribution in [0.3, 0.4) is 0 Å². The third kappa shape index (κ3) is 5.06. The van der Waals surface area contributed by atoms with E-state index in [1.807, 2.05) is 36.4 Å². The molecule has 0 atom stereocenters. The second-order valence-corrected chi connectivity index (χ2v) is 7.75. The summed E-state index contributed by atoms with van der Waals surface area (Å²) in [4.78, 5) is 23.2. The third-order valence-corrected chi connectivity index (χ3v) is 5.67. The quantitative estimate of drug-likeness (QED) is 0.519. The number of ether oxygens (including phenoxy) is 2. The van der Waals surface area contributed by atoms with Crippen LogP contribution in [0.25, 0.3) is 17.2 Å². The van der Waals surface area contributed by atoms with Gasteiger partial charge in [0.15, 0.2) is 0 Å². The van der Waals surface area contributed by atoms with Crippen LogP contribution < -0.4 is 10.1 Å². The molecule has 0 saturated heterocycles. The molecule has 0 bridgehead atoms. The fourth-order valence-electron chi connectivity index (χ4n) is 4.16. The molecule has 4 rings (SSSR count). The minimum Gasteiger partial charge on any atom is -0.496 e. The maximum atomic E-state index is 12.2. The fraction of sp³-hybridized carbons (Fsp3) is 0.185. The van der Waals surface area contributed by atoms with Crippen molar-refractivity contribution in [2.45, 2.75) is 12.3 Å². The van der Waals surface area contributed by atoms with Crippen LogP contribution in [0.5, 0.6) is 5.75 Å². The van der Waals surface area contributed by atoms with Crippen molar-refractivity contribution in [1.82, 2.24) is 5.32 Å². The molecule has 0 heterocycles. The first-order valence-electron chi connectivity index (χ1n) is 10.7. The Balaban J connectivity index is 1.31. The molecule has 1 aliphatic carbocycles. The number of nitrogens with one attached hydrogen (secondary N) is 1. The van der Waals surface area contributed by atoms with Crippen molar-refractivity contribution in [3.05, 3.63) is 95.1 Å². The van der Waals surface area contributed by atoms with Crippen molar-refractivity contribution >= 4 is 18.1 Å². The highest BCUT2D eigenvalue weighted by atomic mass is 16.5. The first-order valence-corrected chi connectivity index (χ1v) is 10.7. The number of methoxy groups -OCH3 is 1. The normalized spacial score (nSPS) is 12.3. The van der Waals surface area contributed by atoms with Gasteiger partial charge in [-0.25, -0.2) is 4.79 Å². The predicted octanol–water partition coefficient (Wildman–Crippen LogP) is 4.87. The minimum absolute atomic E-state index is 0.0236. The Morgan fingerprint density at radius 3 is 2.30 bits per heavy atom. The number of rotatable bonds is 8. The van der Waals surface area contributed by atoms with E-state index in [0.29, 0.717) is 17.9 Å². The number of carbonyl (C=O) groups excluding carboxylic acids is 1. The van der Waals surface area contributed by atoms with Crippen LogP contribution in [0.15, 0.2) is 72.8 Å². The Labute approximate surface area is 192 Å². The van der Waals surface area contributed by atoms with Crippen LogP contribution in [0.4, 0.5) is 4.79 Å². The lowest BCUT2D eigenvalue weighted by molar-refractivity contribution is -0.136. The average Bonchev–Trinajstić information content (AvgIpc) is 3.14. The zero-order valence-electron chi connectivity index (χ0n) is 18.3. The molecule has 0 saturated carbocycles. The minimum atomic E-state index is -0.913. The molecule has 3 aromatic rings. The lowest BCUT2D eigenvalue weighted by atomic mass is 9.98.